The number of carbonyl (C=O) groups excluding carboxylic acids is 2. The summed E-state index contributed by atoms with van der Waals surface area (Å²) in [6, 6.07) is 0. The molecule has 0 heterocycles. The third kappa shape index (κ3) is 6.26. The Bertz CT molecular complexity index is 209. The zero-order valence-electron chi connectivity index (χ0n) is 10.2. The SMILES string of the molecule is CCCCOC(=O)C(CC(C)C)C(C)=O. The standard InChI is InChI=1S/C12H22O3/c1-5-6-7-15-12(14)11(10(4)13)8-9(2)3/h9,11H,5-8H2,1-4H3. The fraction of sp³-hybridized carbons (Fsp3) is 0.833. The smallest absolute Gasteiger partial charge is 0.316 e. The number of unbranched alkanes of at least 4 members (excludes halogenated alkanes) is 1. The van der Waals surface area contributed by atoms with Gasteiger partial charge in [-0.2, -0.15) is 0 Å². The van der Waals surface area contributed by atoms with E-state index in [9.17, 15) is 9.59 Å². The molecule has 0 amide bonds. The van der Waals surface area contributed by atoms with Crippen molar-refractivity contribution in [3.63, 3.8) is 0 Å². The predicted molar refractivity (Wildman–Crippen MR) is 59.5 cm³/mol. The van der Waals surface area contributed by atoms with E-state index in [1.54, 1.807) is 0 Å². The largest absolute Gasteiger partial charge is 0.465 e. The van der Waals surface area contributed by atoms with Crippen LogP contribution in [0, 0.1) is 11.8 Å². The normalized spacial score (nSPS) is 12.6. The molecule has 0 aliphatic heterocycles. The first-order chi connectivity index (χ1) is 6.99. The summed E-state index contributed by atoms with van der Waals surface area (Å²) in [5.41, 5.74) is 0. The zero-order valence-corrected chi connectivity index (χ0v) is 10.2. The minimum atomic E-state index is -0.568. The summed E-state index contributed by atoms with van der Waals surface area (Å²) in [4.78, 5) is 22.8. The van der Waals surface area contributed by atoms with E-state index in [4.69, 9.17) is 4.74 Å². The minimum absolute atomic E-state index is 0.0924. The van der Waals surface area contributed by atoms with Gasteiger partial charge in [0.15, 0.2) is 0 Å². The quantitative estimate of drug-likeness (QED) is 0.371. The molecule has 0 fully saturated rings. The van der Waals surface area contributed by atoms with E-state index in [-0.39, 0.29) is 11.8 Å². The Kier molecular flexibility index (Phi) is 7.01. The van der Waals surface area contributed by atoms with Gasteiger partial charge in [-0.05, 0) is 25.7 Å². The zero-order chi connectivity index (χ0) is 11.8. The van der Waals surface area contributed by atoms with Crippen LogP contribution in [-0.2, 0) is 14.3 Å². The molecule has 0 bridgehead atoms. The van der Waals surface area contributed by atoms with Crippen LogP contribution in [0.1, 0.15) is 47.0 Å². The molecular weight excluding hydrogens is 192 g/mol. The number of ether oxygens (including phenoxy) is 1. The second kappa shape index (κ2) is 7.43. The maximum Gasteiger partial charge on any atom is 0.316 e. The van der Waals surface area contributed by atoms with Crippen LogP contribution in [0.2, 0.25) is 0 Å². The molecule has 0 saturated heterocycles. The lowest BCUT2D eigenvalue weighted by atomic mass is 9.94. The molecular formula is C12H22O3. The van der Waals surface area contributed by atoms with Crippen LogP contribution in [0.25, 0.3) is 0 Å². The first-order valence-corrected chi connectivity index (χ1v) is 5.66. The Morgan fingerprint density at radius 1 is 1.27 bits per heavy atom. The number of rotatable bonds is 7. The molecule has 3 nitrogen and oxygen atoms in total. The van der Waals surface area contributed by atoms with Crippen LogP contribution in [0.5, 0.6) is 0 Å². The van der Waals surface area contributed by atoms with Crippen molar-refractivity contribution in [2.24, 2.45) is 11.8 Å². The summed E-state index contributed by atoms with van der Waals surface area (Å²) in [5.74, 6) is -0.686. The maximum absolute atomic E-state index is 11.6. The first kappa shape index (κ1) is 14.1. The van der Waals surface area contributed by atoms with Crippen LogP contribution >= 0.6 is 0 Å². The van der Waals surface area contributed by atoms with Crippen LogP contribution in [0.3, 0.4) is 0 Å². The van der Waals surface area contributed by atoms with E-state index >= 15 is 0 Å². The highest BCUT2D eigenvalue weighted by Gasteiger charge is 2.25. The molecule has 0 N–H and O–H groups in total. The summed E-state index contributed by atoms with van der Waals surface area (Å²) in [6.45, 7) is 7.90. The van der Waals surface area contributed by atoms with Crippen molar-refractivity contribution in [1.82, 2.24) is 0 Å². The Hall–Kier alpha value is -0.860. The van der Waals surface area contributed by atoms with E-state index in [1.165, 1.54) is 6.92 Å². The van der Waals surface area contributed by atoms with E-state index < -0.39 is 5.92 Å². The van der Waals surface area contributed by atoms with E-state index in [0.29, 0.717) is 18.9 Å². The Balaban J connectivity index is 4.11. The van der Waals surface area contributed by atoms with Crippen molar-refractivity contribution in [3.8, 4) is 0 Å². The Labute approximate surface area is 92.2 Å². The van der Waals surface area contributed by atoms with Crippen LogP contribution in [0.4, 0.5) is 0 Å². The summed E-state index contributed by atoms with van der Waals surface area (Å²) >= 11 is 0. The van der Waals surface area contributed by atoms with Gasteiger partial charge < -0.3 is 4.74 Å². The molecule has 0 aromatic heterocycles. The molecule has 0 radical (unpaired) electrons. The van der Waals surface area contributed by atoms with Crippen LogP contribution in [-0.4, -0.2) is 18.4 Å². The average Bonchev–Trinajstić information content (AvgIpc) is 2.13. The lowest BCUT2D eigenvalue weighted by Crippen LogP contribution is -2.26. The predicted octanol–water partition coefficient (Wildman–Crippen LogP) is 2.58. The van der Waals surface area contributed by atoms with Gasteiger partial charge in [-0.15, -0.1) is 0 Å². The van der Waals surface area contributed by atoms with E-state index in [0.717, 1.165) is 12.8 Å². The Morgan fingerprint density at radius 2 is 1.87 bits per heavy atom. The summed E-state index contributed by atoms with van der Waals surface area (Å²) in [6.07, 6.45) is 2.43. The maximum atomic E-state index is 11.6. The molecule has 0 aromatic carbocycles. The molecule has 0 rings (SSSR count). The average molecular weight is 214 g/mol. The summed E-state index contributed by atoms with van der Waals surface area (Å²) in [7, 11) is 0. The van der Waals surface area contributed by atoms with Gasteiger partial charge in [-0.3, -0.25) is 9.59 Å². The van der Waals surface area contributed by atoms with Crippen molar-refractivity contribution in [3.05, 3.63) is 0 Å². The second-order valence-corrected chi connectivity index (χ2v) is 4.31. The lowest BCUT2D eigenvalue weighted by molar-refractivity contribution is -0.152. The summed E-state index contributed by atoms with van der Waals surface area (Å²) in [5, 5.41) is 0. The lowest BCUT2D eigenvalue weighted by Gasteiger charge is -2.14. The number of ketones is 1. The van der Waals surface area contributed by atoms with Crippen molar-refractivity contribution >= 4 is 11.8 Å². The molecule has 0 aliphatic carbocycles. The van der Waals surface area contributed by atoms with Gasteiger partial charge in [0.1, 0.15) is 11.7 Å². The third-order valence-corrected chi connectivity index (χ3v) is 2.22. The van der Waals surface area contributed by atoms with Crippen molar-refractivity contribution in [2.75, 3.05) is 6.61 Å². The van der Waals surface area contributed by atoms with Gasteiger partial charge in [-0.25, -0.2) is 0 Å². The van der Waals surface area contributed by atoms with Crippen molar-refractivity contribution in [2.45, 2.75) is 47.0 Å². The second-order valence-electron chi connectivity index (χ2n) is 4.31. The number of carbonyl (C=O) groups is 2. The third-order valence-electron chi connectivity index (χ3n) is 2.22. The molecule has 3 heteroatoms. The monoisotopic (exact) mass is 214 g/mol. The van der Waals surface area contributed by atoms with Gasteiger partial charge in [0, 0.05) is 0 Å². The highest BCUT2D eigenvalue weighted by Crippen LogP contribution is 2.14. The summed E-state index contributed by atoms with van der Waals surface area (Å²) < 4.78 is 5.05. The molecule has 1 unspecified atom stereocenters. The van der Waals surface area contributed by atoms with Gasteiger partial charge in [0.05, 0.1) is 6.61 Å². The minimum Gasteiger partial charge on any atom is -0.465 e. The molecule has 0 saturated carbocycles. The first-order valence-electron chi connectivity index (χ1n) is 5.66. The van der Waals surface area contributed by atoms with Gasteiger partial charge in [0.25, 0.3) is 0 Å². The van der Waals surface area contributed by atoms with Gasteiger partial charge in [-0.1, -0.05) is 27.2 Å². The number of esters is 1. The molecule has 0 aliphatic rings. The topological polar surface area (TPSA) is 43.4 Å². The fourth-order valence-electron chi connectivity index (χ4n) is 1.32. The van der Waals surface area contributed by atoms with Crippen molar-refractivity contribution in [1.29, 1.82) is 0 Å². The fourth-order valence-corrected chi connectivity index (χ4v) is 1.32. The molecule has 15 heavy (non-hydrogen) atoms. The highest BCUT2D eigenvalue weighted by atomic mass is 16.5. The molecule has 1 atom stereocenters. The van der Waals surface area contributed by atoms with E-state index in [1.807, 2.05) is 20.8 Å². The number of hydrogen-bond acceptors (Lipinski definition) is 3. The van der Waals surface area contributed by atoms with Crippen LogP contribution < -0.4 is 0 Å². The van der Waals surface area contributed by atoms with Gasteiger partial charge >= 0.3 is 5.97 Å². The molecule has 88 valence electrons. The highest BCUT2D eigenvalue weighted by molar-refractivity contribution is 5.97. The number of hydrogen-bond donors (Lipinski definition) is 0. The molecule has 0 aromatic rings. The van der Waals surface area contributed by atoms with Crippen molar-refractivity contribution < 1.29 is 14.3 Å². The number of Topliss-reactive ketones (excluding diaryl/α,β-unsaturated/α-hetero) is 1. The van der Waals surface area contributed by atoms with Crippen LogP contribution in [0.15, 0.2) is 0 Å². The molecule has 0 spiro atoms. The Morgan fingerprint density at radius 3 is 2.27 bits per heavy atom. The van der Waals surface area contributed by atoms with E-state index in [2.05, 4.69) is 0 Å². The van der Waals surface area contributed by atoms with Gasteiger partial charge in [0.2, 0.25) is 0 Å².